The molecule has 0 saturated carbocycles. The largest absolute Gasteiger partial charge is 0.380 e. The van der Waals surface area contributed by atoms with Crippen LogP contribution in [0, 0.1) is 5.82 Å². The summed E-state index contributed by atoms with van der Waals surface area (Å²) in [5, 5.41) is 0. The molecular weight excluding hydrogens is 273 g/mol. The van der Waals surface area contributed by atoms with Crippen LogP contribution in [-0.4, -0.2) is 19.3 Å². The topological polar surface area (TPSA) is 35.2 Å². The zero-order valence-electron chi connectivity index (χ0n) is 9.38. The molecule has 0 radical (unpaired) electrons. The number of hydrogen-bond donors (Lipinski definition) is 1. The van der Waals surface area contributed by atoms with Crippen molar-refractivity contribution in [1.29, 1.82) is 0 Å². The Labute approximate surface area is 104 Å². The maximum atomic E-state index is 12.8. The molecular formula is C12H17BrFNO. The van der Waals surface area contributed by atoms with Crippen molar-refractivity contribution >= 4 is 15.9 Å². The van der Waals surface area contributed by atoms with E-state index in [1.165, 1.54) is 12.1 Å². The van der Waals surface area contributed by atoms with E-state index in [1.807, 2.05) is 0 Å². The third kappa shape index (κ3) is 4.60. The first kappa shape index (κ1) is 13.6. The molecule has 1 unspecified atom stereocenters. The Kier molecular flexibility index (Phi) is 5.95. The van der Waals surface area contributed by atoms with Crippen molar-refractivity contribution in [3.05, 3.63) is 34.1 Å². The summed E-state index contributed by atoms with van der Waals surface area (Å²) in [6, 6.07) is 4.60. The number of halogens is 2. The van der Waals surface area contributed by atoms with Gasteiger partial charge in [0.2, 0.25) is 0 Å². The Hall–Kier alpha value is -0.450. The third-order valence-electron chi connectivity index (χ3n) is 2.18. The Balaban J connectivity index is 2.46. The zero-order valence-corrected chi connectivity index (χ0v) is 11.0. The van der Waals surface area contributed by atoms with Gasteiger partial charge in [-0.1, -0.05) is 28.9 Å². The molecule has 1 atom stereocenters. The van der Waals surface area contributed by atoms with Crippen LogP contribution in [0.25, 0.3) is 0 Å². The normalized spacial score (nSPS) is 12.8. The number of benzene rings is 1. The van der Waals surface area contributed by atoms with E-state index >= 15 is 0 Å². The van der Waals surface area contributed by atoms with Gasteiger partial charge in [-0.25, -0.2) is 4.39 Å². The molecule has 0 saturated heterocycles. The Bertz CT molecular complexity index is 333. The number of nitrogens with two attached hydrogens (primary N) is 1. The summed E-state index contributed by atoms with van der Waals surface area (Å²) < 4.78 is 19.0. The van der Waals surface area contributed by atoms with E-state index in [9.17, 15) is 4.39 Å². The third-order valence-corrected chi connectivity index (χ3v) is 2.92. The van der Waals surface area contributed by atoms with Gasteiger partial charge in [-0.05, 0) is 30.5 Å². The molecule has 1 aromatic rings. The fourth-order valence-corrected chi connectivity index (χ4v) is 1.92. The molecule has 1 aromatic carbocycles. The highest BCUT2D eigenvalue weighted by Gasteiger charge is 2.07. The van der Waals surface area contributed by atoms with E-state index in [4.69, 9.17) is 10.5 Å². The quantitative estimate of drug-likeness (QED) is 0.818. The fourth-order valence-electron chi connectivity index (χ4n) is 1.41. The monoisotopic (exact) mass is 289 g/mol. The van der Waals surface area contributed by atoms with E-state index in [0.717, 1.165) is 23.1 Å². The molecule has 90 valence electrons. The van der Waals surface area contributed by atoms with Crippen LogP contribution in [0.5, 0.6) is 0 Å². The fraction of sp³-hybridized carbons (Fsp3) is 0.500. The Morgan fingerprint density at radius 1 is 1.50 bits per heavy atom. The van der Waals surface area contributed by atoms with E-state index in [0.29, 0.717) is 13.0 Å². The molecule has 0 spiro atoms. The second kappa shape index (κ2) is 6.99. The van der Waals surface area contributed by atoms with Crippen molar-refractivity contribution in [2.45, 2.75) is 25.8 Å². The van der Waals surface area contributed by atoms with Gasteiger partial charge in [0.1, 0.15) is 5.82 Å². The molecule has 2 N–H and O–H groups in total. The van der Waals surface area contributed by atoms with E-state index in [2.05, 4.69) is 22.9 Å². The van der Waals surface area contributed by atoms with E-state index in [-0.39, 0.29) is 11.9 Å². The van der Waals surface area contributed by atoms with Gasteiger partial charge in [-0.3, -0.25) is 0 Å². The molecule has 4 heteroatoms. The second-order valence-electron chi connectivity index (χ2n) is 3.77. The lowest BCUT2D eigenvalue weighted by molar-refractivity contribution is 0.121. The molecule has 0 aliphatic heterocycles. The van der Waals surface area contributed by atoms with Crippen molar-refractivity contribution in [3.8, 4) is 0 Å². The minimum Gasteiger partial charge on any atom is -0.380 e. The molecule has 0 heterocycles. The number of ether oxygens (including phenoxy) is 1. The molecule has 1 rings (SSSR count). The van der Waals surface area contributed by atoms with Gasteiger partial charge >= 0.3 is 0 Å². The molecule has 0 aliphatic rings. The molecule has 16 heavy (non-hydrogen) atoms. The van der Waals surface area contributed by atoms with Crippen LogP contribution in [0.2, 0.25) is 0 Å². The van der Waals surface area contributed by atoms with Crippen molar-refractivity contribution in [2.24, 2.45) is 5.73 Å². The van der Waals surface area contributed by atoms with Crippen LogP contribution >= 0.6 is 15.9 Å². The Morgan fingerprint density at radius 2 is 2.25 bits per heavy atom. The molecule has 2 nitrogen and oxygen atoms in total. The smallest absolute Gasteiger partial charge is 0.124 e. The summed E-state index contributed by atoms with van der Waals surface area (Å²) >= 11 is 3.32. The summed E-state index contributed by atoms with van der Waals surface area (Å²) in [6.45, 7) is 3.33. The van der Waals surface area contributed by atoms with Gasteiger partial charge in [-0.15, -0.1) is 0 Å². The van der Waals surface area contributed by atoms with Crippen molar-refractivity contribution in [3.63, 3.8) is 0 Å². The zero-order chi connectivity index (χ0) is 12.0. The summed E-state index contributed by atoms with van der Waals surface area (Å²) in [4.78, 5) is 0. The SMILES string of the molecule is CCCOCC(N)Cc1ccc(F)cc1Br. The van der Waals surface area contributed by atoms with Crippen LogP contribution in [0.3, 0.4) is 0 Å². The van der Waals surface area contributed by atoms with Crippen LogP contribution in [0.1, 0.15) is 18.9 Å². The van der Waals surface area contributed by atoms with Crippen LogP contribution in [-0.2, 0) is 11.2 Å². The van der Waals surface area contributed by atoms with Gasteiger partial charge in [0.05, 0.1) is 6.61 Å². The average molecular weight is 290 g/mol. The van der Waals surface area contributed by atoms with Crippen LogP contribution in [0.15, 0.2) is 22.7 Å². The minimum atomic E-state index is -0.244. The molecule has 0 fully saturated rings. The van der Waals surface area contributed by atoms with Gasteiger partial charge in [0.15, 0.2) is 0 Å². The lowest BCUT2D eigenvalue weighted by Crippen LogP contribution is -2.29. The highest BCUT2D eigenvalue weighted by molar-refractivity contribution is 9.10. The average Bonchev–Trinajstić information content (AvgIpc) is 2.23. The predicted octanol–water partition coefficient (Wildman–Crippen LogP) is 2.88. The van der Waals surface area contributed by atoms with E-state index < -0.39 is 0 Å². The summed E-state index contributed by atoms with van der Waals surface area (Å²) in [5.74, 6) is -0.244. The van der Waals surface area contributed by atoms with Crippen molar-refractivity contribution in [2.75, 3.05) is 13.2 Å². The summed E-state index contributed by atoms with van der Waals surface area (Å²) in [7, 11) is 0. The standard InChI is InChI=1S/C12H17BrFNO/c1-2-5-16-8-11(15)6-9-3-4-10(14)7-12(9)13/h3-4,7,11H,2,5-6,8,15H2,1H3. The maximum Gasteiger partial charge on any atom is 0.124 e. The highest BCUT2D eigenvalue weighted by atomic mass is 79.9. The van der Waals surface area contributed by atoms with E-state index in [1.54, 1.807) is 6.07 Å². The van der Waals surface area contributed by atoms with Gasteiger partial charge < -0.3 is 10.5 Å². The van der Waals surface area contributed by atoms with Crippen LogP contribution in [0.4, 0.5) is 4.39 Å². The van der Waals surface area contributed by atoms with Gasteiger partial charge in [-0.2, -0.15) is 0 Å². The minimum absolute atomic E-state index is 0.0479. The lowest BCUT2D eigenvalue weighted by atomic mass is 10.1. The summed E-state index contributed by atoms with van der Waals surface area (Å²) in [5.41, 5.74) is 6.92. The first-order valence-corrected chi connectivity index (χ1v) is 6.20. The van der Waals surface area contributed by atoms with Gasteiger partial charge in [0, 0.05) is 17.1 Å². The predicted molar refractivity (Wildman–Crippen MR) is 66.9 cm³/mol. The highest BCUT2D eigenvalue weighted by Crippen LogP contribution is 2.19. The molecule has 0 bridgehead atoms. The lowest BCUT2D eigenvalue weighted by Gasteiger charge is -2.13. The molecule has 0 amide bonds. The number of rotatable bonds is 6. The first-order chi connectivity index (χ1) is 7.63. The first-order valence-electron chi connectivity index (χ1n) is 5.40. The second-order valence-corrected chi connectivity index (χ2v) is 4.63. The molecule has 0 aromatic heterocycles. The number of hydrogen-bond acceptors (Lipinski definition) is 2. The Morgan fingerprint density at radius 3 is 2.88 bits per heavy atom. The summed E-state index contributed by atoms with van der Waals surface area (Å²) in [6.07, 6.45) is 1.68. The van der Waals surface area contributed by atoms with Crippen molar-refractivity contribution < 1.29 is 9.13 Å². The maximum absolute atomic E-state index is 12.8. The van der Waals surface area contributed by atoms with Crippen molar-refractivity contribution in [1.82, 2.24) is 0 Å². The van der Waals surface area contributed by atoms with Gasteiger partial charge in [0.25, 0.3) is 0 Å². The molecule has 0 aliphatic carbocycles. The van der Waals surface area contributed by atoms with Crippen LogP contribution < -0.4 is 5.73 Å².